The minimum atomic E-state index is 0.891. The van der Waals surface area contributed by atoms with Crippen molar-refractivity contribution in [2.45, 2.75) is 0 Å². The second kappa shape index (κ2) is 13.4. The molecule has 54 heavy (non-hydrogen) atoms. The van der Waals surface area contributed by atoms with Crippen LogP contribution >= 0.6 is 0 Å². The zero-order chi connectivity index (χ0) is 35.8. The van der Waals surface area contributed by atoms with E-state index in [4.69, 9.17) is 4.42 Å². The van der Waals surface area contributed by atoms with Gasteiger partial charge in [-0.2, -0.15) is 0 Å². The number of hydrogen-bond donors (Lipinski definition) is 0. The Morgan fingerprint density at radius 3 is 1.70 bits per heavy atom. The molecule has 0 unspecified atom stereocenters. The number of furan rings is 1. The van der Waals surface area contributed by atoms with Crippen molar-refractivity contribution < 1.29 is 4.42 Å². The van der Waals surface area contributed by atoms with E-state index in [1.807, 2.05) is 12.1 Å². The second-order valence-corrected chi connectivity index (χ2v) is 13.7. The summed E-state index contributed by atoms with van der Waals surface area (Å²) in [5.74, 6) is 0. The summed E-state index contributed by atoms with van der Waals surface area (Å²) in [5.41, 5.74) is 14.2. The first-order valence-corrected chi connectivity index (χ1v) is 18.4. The third-order valence-electron chi connectivity index (χ3n) is 10.5. The summed E-state index contributed by atoms with van der Waals surface area (Å²) < 4.78 is 6.60. The van der Waals surface area contributed by atoms with Gasteiger partial charge in [-0.05, 0) is 68.9 Å². The summed E-state index contributed by atoms with van der Waals surface area (Å²) in [6.07, 6.45) is 0. The fourth-order valence-electron chi connectivity index (χ4n) is 7.94. The summed E-state index contributed by atoms with van der Waals surface area (Å²) in [6, 6.07) is 75.8. The average Bonchev–Trinajstić information content (AvgIpc) is 3.64. The Morgan fingerprint density at radius 2 is 0.852 bits per heavy atom. The molecule has 0 N–H and O–H groups in total. The molecule has 0 radical (unpaired) electrons. The van der Waals surface area contributed by atoms with Crippen molar-refractivity contribution in [2.24, 2.45) is 0 Å². The Morgan fingerprint density at radius 1 is 0.315 bits per heavy atom. The number of anilines is 3. The molecule has 0 fully saturated rings. The molecule has 0 bridgehead atoms. The molecule has 0 amide bonds. The van der Waals surface area contributed by atoms with Crippen LogP contribution in [-0.2, 0) is 0 Å². The maximum absolute atomic E-state index is 6.60. The lowest BCUT2D eigenvalue weighted by atomic mass is 9.95. The van der Waals surface area contributed by atoms with Crippen LogP contribution in [0.25, 0.3) is 77.2 Å². The highest BCUT2D eigenvalue weighted by Crippen LogP contribution is 2.47. The number of hydrogen-bond acceptors (Lipinski definition) is 2. The highest BCUT2D eigenvalue weighted by Gasteiger charge is 2.22. The van der Waals surface area contributed by atoms with Crippen LogP contribution in [0, 0.1) is 0 Å². The van der Waals surface area contributed by atoms with Gasteiger partial charge in [0.25, 0.3) is 0 Å². The van der Waals surface area contributed by atoms with Crippen molar-refractivity contribution in [3.63, 3.8) is 0 Å². The topological polar surface area (TPSA) is 16.4 Å². The van der Waals surface area contributed by atoms with Gasteiger partial charge in [0.15, 0.2) is 0 Å². The van der Waals surface area contributed by atoms with E-state index in [9.17, 15) is 0 Å². The molecule has 1 heterocycles. The quantitative estimate of drug-likeness (QED) is 0.166. The van der Waals surface area contributed by atoms with E-state index in [1.54, 1.807) is 0 Å². The maximum atomic E-state index is 6.60. The third-order valence-corrected chi connectivity index (χ3v) is 10.5. The summed E-state index contributed by atoms with van der Waals surface area (Å²) in [4.78, 5) is 2.41. The molecular weight excluding hydrogens is 655 g/mol. The molecule has 2 nitrogen and oxygen atoms in total. The van der Waals surface area contributed by atoms with Gasteiger partial charge in [-0.25, -0.2) is 0 Å². The van der Waals surface area contributed by atoms with Gasteiger partial charge in [-0.1, -0.05) is 182 Å². The van der Waals surface area contributed by atoms with Crippen LogP contribution in [0.15, 0.2) is 217 Å². The van der Waals surface area contributed by atoms with Crippen molar-refractivity contribution in [3.05, 3.63) is 212 Å². The Bertz CT molecular complexity index is 2930. The SMILES string of the molecule is c1ccc(-c2ccccc2N(c2cccc(-c3ccc(-c4cccc5ccccc45)cc3)c2)c2ccccc2-c2cccc3c2oc2ccccc23)cc1. The molecule has 9 aromatic carbocycles. The van der Waals surface area contributed by atoms with Gasteiger partial charge in [0.1, 0.15) is 11.2 Å². The number of para-hydroxylation sites is 4. The first-order valence-electron chi connectivity index (χ1n) is 18.4. The molecule has 0 spiro atoms. The molecule has 0 aliphatic heterocycles. The van der Waals surface area contributed by atoms with Crippen molar-refractivity contribution >= 4 is 49.8 Å². The largest absolute Gasteiger partial charge is 0.455 e. The molecule has 10 rings (SSSR count). The van der Waals surface area contributed by atoms with E-state index in [1.165, 1.54) is 21.9 Å². The van der Waals surface area contributed by atoms with E-state index in [0.29, 0.717) is 0 Å². The van der Waals surface area contributed by atoms with Crippen molar-refractivity contribution in [1.82, 2.24) is 0 Å². The second-order valence-electron chi connectivity index (χ2n) is 13.7. The van der Waals surface area contributed by atoms with Crippen molar-refractivity contribution in [1.29, 1.82) is 0 Å². The molecule has 2 heteroatoms. The standard InChI is InChI=1S/C52H35NO/c1-2-15-38(16-3-1)44-22-6-9-28-49(44)53(50-29-10-7-23-45(50)47-26-14-27-48-46-24-8-11-30-51(46)54-52(47)48)41-20-12-19-40(35-41)36-31-33-39(34-32-36)43-25-13-18-37-17-4-5-21-42(37)43/h1-35H. The summed E-state index contributed by atoms with van der Waals surface area (Å²) in [5, 5.41) is 4.75. The smallest absolute Gasteiger partial charge is 0.143 e. The van der Waals surface area contributed by atoms with Crippen LogP contribution in [0.3, 0.4) is 0 Å². The Balaban J connectivity index is 1.14. The molecule has 0 saturated carbocycles. The van der Waals surface area contributed by atoms with Crippen LogP contribution < -0.4 is 4.90 Å². The number of rotatable bonds is 7. The Hall–Kier alpha value is -7.16. The van der Waals surface area contributed by atoms with Gasteiger partial charge in [0, 0.05) is 33.2 Å². The molecule has 0 atom stereocenters. The number of nitrogens with zero attached hydrogens (tertiary/aromatic N) is 1. The molecule has 0 aliphatic carbocycles. The number of benzene rings is 9. The predicted molar refractivity (Wildman–Crippen MR) is 228 cm³/mol. The summed E-state index contributed by atoms with van der Waals surface area (Å²) >= 11 is 0. The molecule has 0 saturated heterocycles. The average molecular weight is 690 g/mol. The maximum Gasteiger partial charge on any atom is 0.143 e. The van der Waals surface area contributed by atoms with Gasteiger partial charge in [-0.15, -0.1) is 0 Å². The highest BCUT2D eigenvalue weighted by atomic mass is 16.3. The minimum Gasteiger partial charge on any atom is -0.455 e. The van der Waals surface area contributed by atoms with Crippen LogP contribution in [0.5, 0.6) is 0 Å². The lowest BCUT2D eigenvalue weighted by molar-refractivity contribution is 0.670. The van der Waals surface area contributed by atoms with Gasteiger partial charge >= 0.3 is 0 Å². The lowest BCUT2D eigenvalue weighted by Gasteiger charge is -2.30. The highest BCUT2D eigenvalue weighted by molar-refractivity contribution is 6.11. The molecule has 10 aromatic rings. The van der Waals surface area contributed by atoms with Gasteiger partial charge in [-0.3, -0.25) is 0 Å². The van der Waals surface area contributed by atoms with Gasteiger partial charge in [0.2, 0.25) is 0 Å². The number of fused-ring (bicyclic) bond motifs is 4. The molecule has 1 aromatic heterocycles. The normalized spacial score (nSPS) is 11.3. The Labute approximate surface area is 314 Å². The van der Waals surface area contributed by atoms with E-state index < -0.39 is 0 Å². The van der Waals surface area contributed by atoms with Crippen LogP contribution in [0.1, 0.15) is 0 Å². The molecular formula is C52H35NO. The lowest BCUT2D eigenvalue weighted by Crippen LogP contribution is -2.12. The Kier molecular flexibility index (Phi) is 7.85. The first-order chi connectivity index (χ1) is 26.8. The van der Waals surface area contributed by atoms with E-state index in [2.05, 4.69) is 205 Å². The van der Waals surface area contributed by atoms with E-state index >= 15 is 0 Å². The van der Waals surface area contributed by atoms with E-state index in [-0.39, 0.29) is 0 Å². The van der Waals surface area contributed by atoms with Crippen LogP contribution in [-0.4, -0.2) is 0 Å². The fourth-order valence-corrected chi connectivity index (χ4v) is 7.94. The van der Waals surface area contributed by atoms with E-state index in [0.717, 1.165) is 72.4 Å². The van der Waals surface area contributed by atoms with Gasteiger partial charge < -0.3 is 9.32 Å². The van der Waals surface area contributed by atoms with Gasteiger partial charge in [0.05, 0.1) is 11.4 Å². The van der Waals surface area contributed by atoms with Crippen LogP contribution in [0.2, 0.25) is 0 Å². The summed E-state index contributed by atoms with van der Waals surface area (Å²) in [7, 11) is 0. The first kappa shape index (κ1) is 31.6. The fraction of sp³-hybridized carbons (Fsp3) is 0. The summed E-state index contributed by atoms with van der Waals surface area (Å²) in [6.45, 7) is 0. The predicted octanol–water partition coefficient (Wildman–Crippen LogP) is 14.9. The van der Waals surface area contributed by atoms with Crippen molar-refractivity contribution in [3.8, 4) is 44.5 Å². The zero-order valence-electron chi connectivity index (χ0n) is 29.6. The zero-order valence-corrected chi connectivity index (χ0v) is 29.6. The van der Waals surface area contributed by atoms with Crippen LogP contribution in [0.4, 0.5) is 17.1 Å². The van der Waals surface area contributed by atoms with Crippen molar-refractivity contribution in [2.75, 3.05) is 4.90 Å². The molecule has 0 aliphatic rings. The minimum absolute atomic E-state index is 0.891. The monoisotopic (exact) mass is 689 g/mol. The molecule has 254 valence electrons. The third kappa shape index (κ3) is 5.53.